The van der Waals surface area contributed by atoms with Gasteiger partial charge in [-0.3, -0.25) is 4.79 Å². The van der Waals surface area contributed by atoms with Gasteiger partial charge < -0.3 is 15.4 Å². The van der Waals surface area contributed by atoms with Gasteiger partial charge in [-0.15, -0.1) is 0 Å². The van der Waals surface area contributed by atoms with E-state index in [1.165, 1.54) is 0 Å². The lowest BCUT2D eigenvalue weighted by Gasteiger charge is -2.19. The van der Waals surface area contributed by atoms with E-state index < -0.39 is 0 Å². The van der Waals surface area contributed by atoms with Crippen LogP contribution in [0.15, 0.2) is 0 Å². The number of hydrogen-bond acceptors (Lipinski definition) is 3. The second-order valence-electron chi connectivity index (χ2n) is 3.05. The molecule has 0 aromatic carbocycles. The predicted molar refractivity (Wildman–Crippen MR) is 45.7 cm³/mol. The Bertz CT molecular complexity index is 155. The fraction of sp³-hybridized carbons (Fsp3) is 0.875. The van der Waals surface area contributed by atoms with E-state index in [-0.39, 0.29) is 12.0 Å². The van der Waals surface area contributed by atoms with Gasteiger partial charge in [0, 0.05) is 26.7 Å². The zero-order valence-electron chi connectivity index (χ0n) is 7.45. The van der Waals surface area contributed by atoms with Crippen LogP contribution in [0.5, 0.6) is 0 Å². The molecule has 1 amide bonds. The van der Waals surface area contributed by atoms with E-state index in [9.17, 15) is 4.79 Å². The molecule has 1 aliphatic rings. The van der Waals surface area contributed by atoms with Crippen LogP contribution in [-0.2, 0) is 9.53 Å². The van der Waals surface area contributed by atoms with Gasteiger partial charge in [-0.25, -0.2) is 0 Å². The summed E-state index contributed by atoms with van der Waals surface area (Å²) in [4.78, 5) is 13.1. The average Bonchev–Trinajstić information content (AvgIpc) is 2.55. The van der Waals surface area contributed by atoms with Crippen molar-refractivity contribution in [3.63, 3.8) is 0 Å². The molecule has 70 valence electrons. The number of amides is 1. The molecule has 1 rings (SSSR count). The van der Waals surface area contributed by atoms with E-state index >= 15 is 0 Å². The van der Waals surface area contributed by atoms with Gasteiger partial charge in [0.1, 0.15) is 6.10 Å². The fourth-order valence-electron chi connectivity index (χ4n) is 1.32. The summed E-state index contributed by atoms with van der Waals surface area (Å²) in [6.45, 7) is 1.83. The molecule has 0 spiro atoms. The van der Waals surface area contributed by atoms with Crippen LogP contribution < -0.4 is 5.73 Å². The Balaban J connectivity index is 2.34. The summed E-state index contributed by atoms with van der Waals surface area (Å²) in [5, 5.41) is 0. The van der Waals surface area contributed by atoms with Crippen molar-refractivity contribution in [2.45, 2.75) is 18.9 Å². The highest BCUT2D eigenvalue weighted by atomic mass is 16.5. The normalized spacial score (nSPS) is 22.7. The number of nitrogens with zero attached hydrogens (tertiary/aromatic N) is 1. The van der Waals surface area contributed by atoms with Crippen molar-refractivity contribution >= 4 is 5.91 Å². The number of carbonyl (C=O) groups excluding carboxylic acids is 1. The average molecular weight is 172 g/mol. The van der Waals surface area contributed by atoms with Crippen molar-refractivity contribution in [2.24, 2.45) is 5.73 Å². The summed E-state index contributed by atoms with van der Waals surface area (Å²) >= 11 is 0. The smallest absolute Gasteiger partial charge is 0.251 e. The van der Waals surface area contributed by atoms with Gasteiger partial charge in [-0.05, 0) is 12.8 Å². The van der Waals surface area contributed by atoms with E-state index in [0.717, 1.165) is 12.8 Å². The van der Waals surface area contributed by atoms with Crippen LogP contribution in [0, 0.1) is 0 Å². The monoisotopic (exact) mass is 172 g/mol. The molecule has 1 fully saturated rings. The summed E-state index contributed by atoms with van der Waals surface area (Å²) in [6.07, 6.45) is 1.64. The molecule has 0 unspecified atom stereocenters. The van der Waals surface area contributed by atoms with E-state index in [1.807, 2.05) is 0 Å². The van der Waals surface area contributed by atoms with Crippen LogP contribution in [0.2, 0.25) is 0 Å². The van der Waals surface area contributed by atoms with Crippen molar-refractivity contribution in [1.82, 2.24) is 4.90 Å². The van der Waals surface area contributed by atoms with Crippen LogP contribution in [0.4, 0.5) is 0 Å². The van der Waals surface area contributed by atoms with Gasteiger partial charge >= 0.3 is 0 Å². The lowest BCUT2D eigenvalue weighted by Crippen LogP contribution is -2.38. The van der Waals surface area contributed by atoms with Crippen molar-refractivity contribution in [3.8, 4) is 0 Å². The van der Waals surface area contributed by atoms with Crippen LogP contribution in [0.25, 0.3) is 0 Å². The summed E-state index contributed by atoms with van der Waals surface area (Å²) < 4.78 is 5.25. The molecular formula is C8H16N2O2. The minimum atomic E-state index is -0.207. The Morgan fingerprint density at radius 2 is 2.50 bits per heavy atom. The van der Waals surface area contributed by atoms with E-state index in [4.69, 9.17) is 10.5 Å². The summed E-state index contributed by atoms with van der Waals surface area (Å²) in [7, 11) is 1.76. The zero-order chi connectivity index (χ0) is 8.97. The molecule has 4 heteroatoms. The van der Waals surface area contributed by atoms with E-state index in [0.29, 0.717) is 19.7 Å². The molecule has 0 aliphatic carbocycles. The predicted octanol–water partition coefficient (Wildman–Crippen LogP) is -0.417. The van der Waals surface area contributed by atoms with Crippen molar-refractivity contribution in [3.05, 3.63) is 0 Å². The van der Waals surface area contributed by atoms with Crippen LogP contribution in [0.3, 0.4) is 0 Å². The van der Waals surface area contributed by atoms with Gasteiger partial charge in [-0.1, -0.05) is 0 Å². The maximum atomic E-state index is 11.5. The quantitative estimate of drug-likeness (QED) is 0.629. The van der Waals surface area contributed by atoms with Crippen LogP contribution >= 0.6 is 0 Å². The number of ether oxygens (including phenoxy) is 1. The Morgan fingerprint density at radius 1 is 1.75 bits per heavy atom. The molecular weight excluding hydrogens is 156 g/mol. The highest BCUT2D eigenvalue weighted by molar-refractivity contribution is 5.80. The number of rotatable bonds is 3. The van der Waals surface area contributed by atoms with E-state index in [2.05, 4.69) is 0 Å². The third kappa shape index (κ3) is 2.19. The first-order chi connectivity index (χ1) is 5.75. The summed E-state index contributed by atoms with van der Waals surface area (Å²) in [5.41, 5.74) is 5.33. The highest BCUT2D eigenvalue weighted by Gasteiger charge is 2.25. The molecule has 12 heavy (non-hydrogen) atoms. The molecule has 0 aromatic heterocycles. The molecule has 1 atom stereocenters. The van der Waals surface area contributed by atoms with Gasteiger partial charge in [0.2, 0.25) is 0 Å². The third-order valence-electron chi connectivity index (χ3n) is 2.05. The van der Waals surface area contributed by atoms with Crippen LogP contribution in [0.1, 0.15) is 12.8 Å². The molecule has 4 nitrogen and oxygen atoms in total. The second-order valence-corrected chi connectivity index (χ2v) is 3.05. The number of nitrogens with two attached hydrogens (primary N) is 1. The molecule has 0 bridgehead atoms. The van der Waals surface area contributed by atoms with Crippen LogP contribution in [-0.4, -0.2) is 43.7 Å². The Hall–Kier alpha value is -0.610. The highest BCUT2D eigenvalue weighted by Crippen LogP contribution is 2.13. The molecule has 1 saturated heterocycles. The first-order valence-corrected chi connectivity index (χ1v) is 4.32. The minimum Gasteiger partial charge on any atom is -0.368 e. The molecule has 1 aliphatic heterocycles. The SMILES string of the molecule is CN(CCN)C(=O)[C@H]1CCCO1. The number of carbonyl (C=O) groups is 1. The fourth-order valence-corrected chi connectivity index (χ4v) is 1.32. The standard InChI is InChI=1S/C8H16N2O2/c1-10(5-4-9)8(11)7-3-2-6-12-7/h7H,2-6,9H2,1H3/t7-/m1/s1. The van der Waals surface area contributed by atoms with Gasteiger partial charge in [0.05, 0.1) is 0 Å². The largest absolute Gasteiger partial charge is 0.368 e. The third-order valence-corrected chi connectivity index (χ3v) is 2.05. The molecule has 1 heterocycles. The molecule has 2 N–H and O–H groups in total. The molecule has 0 saturated carbocycles. The Morgan fingerprint density at radius 3 is 3.00 bits per heavy atom. The lowest BCUT2D eigenvalue weighted by atomic mass is 10.2. The van der Waals surface area contributed by atoms with Gasteiger partial charge in [0.25, 0.3) is 5.91 Å². The number of hydrogen-bond donors (Lipinski definition) is 1. The van der Waals surface area contributed by atoms with Crippen molar-refractivity contribution in [1.29, 1.82) is 0 Å². The Kier molecular flexibility index (Phi) is 3.49. The summed E-state index contributed by atoms with van der Waals surface area (Å²) in [6, 6.07) is 0. The minimum absolute atomic E-state index is 0.0675. The lowest BCUT2D eigenvalue weighted by molar-refractivity contribution is -0.139. The second kappa shape index (κ2) is 4.42. The van der Waals surface area contributed by atoms with Gasteiger partial charge in [-0.2, -0.15) is 0 Å². The Labute approximate surface area is 72.7 Å². The van der Waals surface area contributed by atoms with Crippen molar-refractivity contribution < 1.29 is 9.53 Å². The zero-order valence-corrected chi connectivity index (χ0v) is 7.45. The molecule has 0 radical (unpaired) electrons. The van der Waals surface area contributed by atoms with E-state index in [1.54, 1.807) is 11.9 Å². The number of likely N-dealkylation sites (N-methyl/N-ethyl adjacent to an activating group) is 1. The van der Waals surface area contributed by atoms with Gasteiger partial charge in [0.15, 0.2) is 0 Å². The molecule has 0 aromatic rings. The first kappa shape index (κ1) is 9.48. The topological polar surface area (TPSA) is 55.6 Å². The maximum Gasteiger partial charge on any atom is 0.251 e. The summed E-state index contributed by atoms with van der Waals surface area (Å²) in [5.74, 6) is 0.0675. The maximum absolute atomic E-state index is 11.5. The van der Waals surface area contributed by atoms with Crippen molar-refractivity contribution in [2.75, 3.05) is 26.7 Å². The first-order valence-electron chi connectivity index (χ1n) is 4.32.